The lowest BCUT2D eigenvalue weighted by Gasteiger charge is -2.32. The molecule has 0 bridgehead atoms. The molecule has 1 saturated carbocycles. The summed E-state index contributed by atoms with van der Waals surface area (Å²) in [6, 6.07) is 6.78. The van der Waals surface area contributed by atoms with Crippen molar-refractivity contribution >= 4 is 37.2 Å². The first kappa shape index (κ1) is 23.2. The second-order valence-corrected chi connectivity index (χ2v) is 12.1. The Morgan fingerprint density at radius 1 is 1.16 bits per heavy atom. The molecular weight excluding hydrogens is 444 g/mol. The van der Waals surface area contributed by atoms with Gasteiger partial charge in [-0.3, -0.25) is 4.79 Å². The number of anilines is 2. The summed E-state index contributed by atoms with van der Waals surface area (Å²) in [6.45, 7) is 3.96. The highest BCUT2D eigenvalue weighted by molar-refractivity contribution is 7.90. The Balaban J connectivity index is 1.49. The standard InChI is InChI=1S/C23H32N4O3S2/c1-26-11-13-27(14-12-26)21-16-24-23(31-21)25-22(28)20(15-17-5-3-4-6-17)18-7-9-19(10-8-18)32(2,29)30/h7-10,16-17,20H,3-6,11-15H2,1-2H3,(H,24,25,28). The number of nitrogens with one attached hydrogen (secondary N) is 1. The van der Waals surface area contributed by atoms with Crippen molar-refractivity contribution in [2.75, 3.05) is 49.7 Å². The van der Waals surface area contributed by atoms with Gasteiger partial charge in [0.2, 0.25) is 5.91 Å². The quantitative estimate of drug-likeness (QED) is 0.658. The highest BCUT2D eigenvalue weighted by atomic mass is 32.2. The molecule has 1 atom stereocenters. The molecule has 2 aromatic rings. The molecule has 32 heavy (non-hydrogen) atoms. The summed E-state index contributed by atoms with van der Waals surface area (Å²) in [7, 11) is -1.14. The van der Waals surface area contributed by atoms with Crippen LogP contribution in [0.5, 0.6) is 0 Å². The van der Waals surface area contributed by atoms with Gasteiger partial charge in [0, 0.05) is 32.4 Å². The highest BCUT2D eigenvalue weighted by Crippen LogP contribution is 2.36. The summed E-state index contributed by atoms with van der Waals surface area (Å²) in [5, 5.41) is 4.74. The average Bonchev–Trinajstić information content (AvgIpc) is 3.44. The Kier molecular flexibility index (Phi) is 7.17. The van der Waals surface area contributed by atoms with Gasteiger partial charge < -0.3 is 15.1 Å². The van der Waals surface area contributed by atoms with Crippen molar-refractivity contribution in [2.45, 2.75) is 42.9 Å². The summed E-state index contributed by atoms with van der Waals surface area (Å²) in [4.78, 5) is 22.7. The molecule has 1 aliphatic heterocycles. The maximum Gasteiger partial charge on any atom is 0.233 e. The van der Waals surface area contributed by atoms with E-state index in [1.165, 1.54) is 30.4 Å². The van der Waals surface area contributed by atoms with Crippen LogP contribution in [0.1, 0.15) is 43.6 Å². The Bertz CT molecular complexity index is 1020. The average molecular weight is 477 g/mol. The Morgan fingerprint density at radius 2 is 1.81 bits per heavy atom. The number of amides is 1. The van der Waals surface area contributed by atoms with Crippen LogP contribution in [0.15, 0.2) is 35.4 Å². The van der Waals surface area contributed by atoms with E-state index in [4.69, 9.17) is 0 Å². The van der Waals surface area contributed by atoms with Crippen molar-refractivity contribution < 1.29 is 13.2 Å². The molecule has 1 aliphatic carbocycles. The lowest BCUT2D eigenvalue weighted by atomic mass is 9.87. The van der Waals surface area contributed by atoms with Crippen molar-refractivity contribution in [3.63, 3.8) is 0 Å². The predicted molar refractivity (Wildman–Crippen MR) is 129 cm³/mol. The molecule has 1 unspecified atom stereocenters. The van der Waals surface area contributed by atoms with E-state index in [0.29, 0.717) is 11.0 Å². The SMILES string of the molecule is CN1CCN(c2cnc(NC(=O)C(CC3CCCC3)c3ccc(S(C)(=O)=O)cc3)s2)CC1. The molecule has 1 aromatic heterocycles. The van der Waals surface area contributed by atoms with Gasteiger partial charge in [-0.1, -0.05) is 49.2 Å². The van der Waals surface area contributed by atoms with Gasteiger partial charge in [-0.25, -0.2) is 13.4 Å². The van der Waals surface area contributed by atoms with Crippen LogP contribution in [0, 0.1) is 5.92 Å². The minimum absolute atomic E-state index is 0.0664. The molecule has 2 heterocycles. The molecule has 1 saturated heterocycles. The molecular formula is C23H32N4O3S2. The third-order valence-corrected chi connectivity index (χ3v) is 8.71. The fraction of sp³-hybridized carbons (Fsp3) is 0.565. The summed E-state index contributed by atoms with van der Waals surface area (Å²) in [5.74, 6) is 0.142. The number of nitrogens with zero attached hydrogens (tertiary/aromatic N) is 3. The van der Waals surface area contributed by atoms with Crippen LogP contribution in [0.25, 0.3) is 0 Å². The number of benzene rings is 1. The van der Waals surface area contributed by atoms with Gasteiger partial charge in [0.15, 0.2) is 15.0 Å². The molecule has 4 rings (SSSR count). The van der Waals surface area contributed by atoms with Gasteiger partial charge in [-0.15, -0.1) is 0 Å². The normalized spacial score (nSPS) is 19.2. The first-order valence-electron chi connectivity index (χ1n) is 11.3. The first-order chi connectivity index (χ1) is 15.3. The topological polar surface area (TPSA) is 82.6 Å². The largest absolute Gasteiger partial charge is 0.360 e. The molecule has 1 N–H and O–H groups in total. The van der Waals surface area contributed by atoms with Crippen LogP contribution in [0.3, 0.4) is 0 Å². The monoisotopic (exact) mass is 476 g/mol. The van der Waals surface area contributed by atoms with E-state index in [-0.39, 0.29) is 16.7 Å². The lowest BCUT2D eigenvalue weighted by molar-refractivity contribution is -0.118. The molecule has 2 aliphatic rings. The number of carbonyl (C=O) groups is 1. The highest BCUT2D eigenvalue weighted by Gasteiger charge is 2.28. The number of sulfone groups is 1. The zero-order valence-electron chi connectivity index (χ0n) is 18.8. The van der Waals surface area contributed by atoms with Crippen LogP contribution in [0.2, 0.25) is 0 Å². The summed E-state index contributed by atoms with van der Waals surface area (Å²) in [6.07, 6.45) is 8.55. The third-order valence-electron chi connectivity index (χ3n) is 6.61. The Labute approximate surface area is 194 Å². The van der Waals surface area contributed by atoms with Crippen LogP contribution >= 0.6 is 11.3 Å². The fourth-order valence-corrected chi connectivity index (χ4v) is 6.11. The number of aromatic nitrogens is 1. The van der Waals surface area contributed by atoms with Crippen LogP contribution < -0.4 is 10.2 Å². The van der Waals surface area contributed by atoms with Crippen molar-refractivity contribution in [3.8, 4) is 0 Å². The Morgan fingerprint density at radius 3 is 2.44 bits per heavy atom. The van der Waals surface area contributed by atoms with Crippen LogP contribution in [-0.4, -0.2) is 63.7 Å². The van der Waals surface area contributed by atoms with Gasteiger partial charge in [-0.05, 0) is 37.1 Å². The predicted octanol–water partition coefficient (Wildman–Crippen LogP) is 3.60. The molecule has 0 spiro atoms. The molecule has 2 fully saturated rings. The van der Waals surface area contributed by atoms with E-state index in [1.807, 2.05) is 6.20 Å². The van der Waals surface area contributed by atoms with Gasteiger partial charge in [0.05, 0.1) is 17.0 Å². The Hall–Kier alpha value is -1.97. The number of hydrogen-bond donors (Lipinski definition) is 1. The summed E-state index contributed by atoms with van der Waals surface area (Å²) < 4.78 is 23.7. The molecule has 1 aromatic carbocycles. The first-order valence-corrected chi connectivity index (χ1v) is 14.0. The number of carbonyl (C=O) groups excluding carboxylic acids is 1. The van der Waals surface area contributed by atoms with Crippen molar-refractivity contribution in [1.29, 1.82) is 0 Å². The zero-order chi connectivity index (χ0) is 22.7. The van der Waals surface area contributed by atoms with Crippen LogP contribution in [-0.2, 0) is 14.6 Å². The van der Waals surface area contributed by atoms with Gasteiger partial charge in [-0.2, -0.15) is 0 Å². The van der Waals surface area contributed by atoms with E-state index in [0.717, 1.165) is 56.0 Å². The lowest BCUT2D eigenvalue weighted by Crippen LogP contribution is -2.44. The minimum Gasteiger partial charge on any atom is -0.360 e. The molecule has 9 heteroatoms. The fourth-order valence-electron chi connectivity index (χ4n) is 4.61. The van der Waals surface area contributed by atoms with Gasteiger partial charge in [0.1, 0.15) is 5.00 Å². The van der Waals surface area contributed by atoms with Crippen molar-refractivity contribution in [3.05, 3.63) is 36.0 Å². The second-order valence-electron chi connectivity index (χ2n) is 9.06. The maximum absolute atomic E-state index is 13.3. The number of thiazole rings is 1. The number of hydrogen-bond acceptors (Lipinski definition) is 7. The zero-order valence-corrected chi connectivity index (χ0v) is 20.4. The number of rotatable bonds is 7. The van der Waals surface area contributed by atoms with Gasteiger partial charge >= 0.3 is 0 Å². The number of piperazine rings is 1. The van der Waals surface area contributed by atoms with E-state index in [2.05, 4.69) is 27.1 Å². The molecule has 174 valence electrons. The van der Waals surface area contributed by atoms with Crippen molar-refractivity contribution in [1.82, 2.24) is 9.88 Å². The number of likely N-dealkylation sites (N-methyl/N-ethyl adjacent to an activating group) is 1. The van der Waals surface area contributed by atoms with Gasteiger partial charge in [0.25, 0.3) is 0 Å². The van der Waals surface area contributed by atoms with Crippen molar-refractivity contribution in [2.24, 2.45) is 5.92 Å². The van der Waals surface area contributed by atoms with E-state index in [9.17, 15) is 13.2 Å². The molecule has 0 radical (unpaired) electrons. The van der Waals surface area contributed by atoms with Crippen LogP contribution in [0.4, 0.5) is 10.1 Å². The third kappa shape index (κ3) is 5.68. The minimum atomic E-state index is -3.26. The molecule has 1 amide bonds. The van der Waals surface area contributed by atoms with E-state index in [1.54, 1.807) is 24.3 Å². The van der Waals surface area contributed by atoms with E-state index >= 15 is 0 Å². The molecule has 7 nitrogen and oxygen atoms in total. The smallest absolute Gasteiger partial charge is 0.233 e. The summed E-state index contributed by atoms with van der Waals surface area (Å²) >= 11 is 1.52. The maximum atomic E-state index is 13.3. The summed E-state index contributed by atoms with van der Waals surface area (Å²) in [5.41, 5.74) is 0.859. The second kappa shape index (κ2) is 9.89. The van der Waals surface area contributed by atoms with E-state index < -0.39 is 9.84 Å².